The maximum atomic E-state index is 11.3. The van der Waals surface area contributed by atoms with Gasteiger partial charge in [0.1, 0.15) is 0 Å². The first-order valence-electron chi connectivity index (χ1n) is 5.00. The molecule has 0 saturated heterocycles. The van der Waals surface area contributed by atoms with Gasteiger partial charge < -0.3 is 11.1 Å². The number of primary amides is 1. The van der Waals surface area contributed by atoms with Crippen LogP contribution in [0.2, 0.25) is 0 Å². The molecular formula is C12H13N3O. The Labute approximate surface area is 93.5 Å². The fourth-order valence-corrected chi connectivity index (χ4v) is 1.76. The minimum atomic E-state index is -0.472. The average molecular weight is 215 g/mol. The van der Waals surface area contributed by atoms with E-state index in [4.69, 9.17) is 5.73 Å². The second-order valence-electron chi connectivity index (χ2n) is 3.68. The molecule has 1 heterocycles. The lowest BCUT2D eigenvalue weighted by molar-refractivity contribution is 0.100. The molecule has 0 saturated carbocycles. The molecule has 0 atom stereocenters. The van der Waals surface area contributed by atoms with Gasteiger partial charge in [-0.2, -0.15) is 0 Å². The fourth-order valence-electron chi connectivity index (χ4n) is 1.76. The Bertz CT molecular complexity index is 563. The molecule has 0 aliphatic carbocycles. The number of hydrogen-bond acceptors (Lipinski definition) is 3. The molecule has 0 unspecified atom stereocenters. The van der Waals surface area contributed by atoms with Gasteiger partial charge in [-0.15, -0.1) is 0 Å². The van der Waals surface area contributed by atoms with E-state index in [1.807, 2.05) is 25.1 Å². The molecular weight excluding hydrogens is 202 g/mol. The second-order valence-corrected chi connectivity index (χ2v) is 3.68. The minimum absolute atomic E-state index is 0.417. The smallest absolute Gasteiger partial charge is 0.252 e. The largest absolute Gasteiger partial charge is 0.387 e. The van der Waals surface area contributed by atoms with Gasteiger partial charge in [0, 0.05) is 18.6 Å². The van der Waals surface area contributed by atoms with Crippen molar-refractivity contribution < 1.29 is 4.79 Å². The number of carbonyl (C=O) groups is 1. The van der Waals surface area contributed by atoms with Gasteiger partial charge in [-0.05, 0) is 19.1 Å². The van der Waals surface area contributed by atoms with Crippen molar-refractivity contribution in [1.82, 2.24) is 4.98 Å². The first-order chi connectivity index (χ1) is 7.63. The zero-order valence-electron chi connectivity index (χ0n) is 9.24. The standard InChI is InChI=1S/C12H13N3O/c1-7-3-4-10-8(5-7)11(14-2)9(6-15-10)12(13)16/h3-6H,1-2H3,(H2,13,16)(H,14,15). The van der Waals surface area contributed by atoms with Gasteiger partial charge in [-0.3, -0.25) is 9.78 Å². The van der Waals surface area contributed by atoms with Crippen molar-refractivity contribution in [2.45, 2.75) is 6.92 Å². The van der Waals surface area contributed by atoms with Crippen molar-refractivity contribution in [2.24, 2.45) is 5.73 Å². The third-order valence-electron chi connectivity index (χ3n) is 2.54. The predicted molar refractivity (Wildman–Crippen MR) is 64.5 cm³/mol. The van der Waals surface area contributed by atoms with Gasteiger partial charge in [0.05, 0.1) is 16.8 Å². The number of aryl methyl sites for hydroxylation is 1. The Morgan fingerprint density at radius 1 is 1.44 bits per heavy atom. The summed E-state index contributed by atoms with van der Waals surface area (Å²) in [7, 11) is 1.77. The summed E-state index contributed by atoms with van der Waals surface area (Å²) in [5.41, 5.74) is 8.42. The Morgan fingerprint density at radius 2 is 2.19 bits per heavy atom. The highest BCUT2D eigenvalue weighted by atomic mass is 16.1. The predicted octanol–water partition coefficient (Wildman–Crippen LogP) is 1.68. The van der Waals surface area contributed by atoms with Gasteiger partial charge in [-0.1, -0.05) is 11.6 Å². The molecule has 2 rings (SSSR count). The third-order valence-corrected chi connectivity index (χ3v) is 2.54. The van der Waals surface area contributed by atoms with E-state index >= 15 is 0 Å². The summed E-state index contributed by atoms with van der Waals surface area (Å²) in [5, 5.41) is 3.92. The number of anilines is 1. The van der Waals surface area contributed by atoms with E-state index in [1.165, 1.54) is 6.20 Å². The summed E-state index contributed by atoms with van der Waals surface area (Å²) in [6.45, 7) is 2.00. The summed E-state index contributed by atoms with van der Waals surface area (Å²) < 4.78 is 0. The SMILES string of the molecule is CNc1c(C(N)=O)cnc2ccc(C)cc12. The number of nitrogens with zero attached hydrogens (tertiary/aromatic N) is 1. The van der Waals surface area contributed by atoms with E-state index in [9.17, 15) is 4.79 Å². The summed E-state index contributed by atoms with van der Waals surface area (Å²) in [6.07, 6.45) is 1.51. The van der Waals surface area contributed by atoms with E-state index in [2.05, 4.69) is 10.3 Å². The third kappa shape index (κ3) is 1.58. The van der Waals surface area contributed by atoms with Crippen LogP contribution in [0.15, 0.2) is 24.4 Å². The van der Waals surface area contributed by atoms with Gasteiger partial charge in [-0.25, -0.2) is 0 Å². The molecule has 2 aromatic rings. The summed E-state index contributed by atoms with van der Waals surface area (Å²) in [4.78, 5) is 15.5. The van der Waals surface area contributed by atoms with Crippen molar-refractivity contribution in [3.05, 3.63) is 35.5 Å². The quantitative estimate of drug-likeness (QED) is 0.800. The van der Waals surface area contributed by atoms with Crippen LogP contribution in [0.4, 0.5) is 5.69 Å². The fraction of sp³-hybridized carbons (Fsp3) is 0.167. The highest BCUT2D eigenvalue weighted by molar-refractivity contribution is 6.06. The van der Waals surface area contributed by atoms with Crippen molar-refractivity contribution >= 4 is 22.5 Å². The Balaban J connectivity index is 2.83. The molecule has 0 radical (unpaired) electrons. The summed E-state index contributed by atoms with van der Waals surface area (Å²) >= 11 is 0. The molecule has 0 spiro atoms. The number of benzene rings is 1. The molecule has 0 bridgehead atoms. The lowest BCUT2D eigenvalue weighted by Gasteiger charge is -2.10. The van der Waals surface area contributed by atoms with E-state index < -0.39 is 5.91 Å². The van der Waals surface area contributed by atoms with Crippen LogP contribution < -0.4 is 11.1 Å². The molecule has 4 heteroatoms. The zero-order chi connectivity index (χ0) is 11.7. The van der Waals surface area contributed by atoms with E-state index in [-0.39, 0.29) is 0 Å². The van der Waals surface area contributed by atoms with Gasteiger partial charge in [0.2, 0.25) is 0 Å². The normalized spacial score (nSPS) is 10.4. The minimum Gasteiger partial charge on any atom is -0.387 e. The van der Waals surface area contributed by atoms with Crippen LogP contribution in [0.5, 0.6) is 0 Å². The van der Waals surface area contributed by atoms with Gasteiger partial charge >= 0.3 is 0 Å². The highest BCUT2D eigenvalue weighted by Crippen LogP contribution is 2.26. The number of rotatable bonds is 2. The number of amides is 1. The molecule has 0 aliphatic rings. The van der Waals surface area contributed by atoms with Crippen LogP contribution >= 0.6 is 0 Å². The van der Waals surface area contributed by atoms with Gasteiger partial charge in [0.25, 0.3) is 5.91 Å². The van der Waals surface area contributed by atoms with Crippen molar-refractivity contribution in [1.29, 1.82) is 0 Å². The average Bonchev–Trinajstić information content (AvgIpc) is 2.27. The topological polar surface area (TPSA) is 68.0 Å². The Morgan fingerprint density at radius 3 is 2.81 bits per heavy atom. The number of pyridine rings is 1. The number of hydrogen-bond donors (Lipinski definition) is 2. The van der Waals surface area contributed by atoms with E-state index in [1.54, 1.807) is 7.05 Å². The van der Waals surface area contributed by atoms with Crippen LogP contribution in [0.25, 0.3) is 10.9 Å². The number of fused-ring (bicyclic) bond motifs is 1. The molecule has 82 valence electrons. The molecule has 16 heavy (non-hydrogen) atoms. The zero-order valence-corrected chi connectivity index (χ0v) is 9.24. The lowest BCUT2D eigenvalue weighted by atomic mass is 10.1. The maximum Gasteiger partial charge on any atom is 0.252 e. The number of nitrogens with one attached hydrogen (secondary N) is 1. The first kappa shape index (κ1) is 10.4. The van der Waals surface area contributed by atoms with E-state index in [0.29, 0.717) is 5.56 Å². The molecule has 1 amide bonds. The van der Waals surface area contributed by atoms with Crippen molar-refractivity contribution in [2.75, 3.05) is 12.4 Å². The summed E-state index contributed by atoms with van der Waals surface area (Å²) in [5.74, 6) is -0.472. The monoisotopic (exact) mass is 215 g/mol. The van der Waals surface area contributed by atoms with Crippen molar-refractivity contribution in [3.8, 4) is 0 Å². The van der Waals surface area contributed by atoms with E-state index in [0.717, 1.165) is 22.2 Å². The molecule has 3 N–H and O–H groups in total. The number of nitrogens with two attached hydrogens (primary N) is 1. The number of carbonyl (C=O) groups excluding carboxylic acids is 1. The van der Waals surface area contributed by atoms with Crippen LogP contribution in [0.1, 0.15) is 15.9 Å². The summed E-state index contributed by atoms with van der Waals surface area (Å²) in [6, 6.07) is 5.90. The molecule has 1 aromatic carbocycles. The first-order valence-corrected chi connectivity index (χ1v) is 5.00. The van der Waals surface area contributed by atoms with Crippen LogP contribution in [-0.4, -0.2) is 17.9 Å². The van der Waals surface area contributed by atoms with Crippen LogP contribution in [0, 0.1) is 6.92 Å². The molecule has 0 aliphatic heterocycles. The highest BCUT2D eigenvalue weighted by Gasteiger charge is 2.11. The van der Waals surface area contributed by atoms with Crippen molar-refractivity contribution in [3.63, 3.8) is 0 Å². The van der Waals surface area contributed by atoms with Crippen LogP contribution in [-0.2, 0) is 0 Å². The molecule has 4 nitrogen and oxygen atoms in total. The van der Waals surface area contributed by atoms with Crippen LogP contribution in [0.3, 0.4) is 0 Å². The second kappa shape index (κ2) is 3.81. The molecule has 1 aromatic heterocycles. The van der Waals surface area contributed by atoms with Gasteiger partial charge in [0.15, 0.2) is 0 Å². The lowest BCUT2D eigenvalue weighted by Crippen LogP contribution is -2.14. The molecule has 0 fully saturated rings. The number of aromatic nitrogens is 1. The Kier molecular flexibility index (Phi) is 2.48. The Hall–Kier alpha value is -2.10. The maximum absolute atomic E-state index is 11.3.